The number of nitrogens with zero attached hydrogens (tertiary/aromatic N) is 3. The molecule has 0 aromatic carbocycles. The Morgan fingerprint density at radius 3 is 2.88 bits per heavy atom. The van der Waals surface area contributed by atoms with Crippen LogP contribution < -0.4 is 5.32 Å². The monoisotopic (exact) mass is 232 g/mol. The van der Waals surface area contributed by atoms with Crippen LogP contribution in [-0.4, -0.2) is 27.2 Å². The van der Waals surface area contributed by atoms with Crippen molar-refractivity contribution in [2.45, 2.75) is 37.7 Å². The molecule has 0 atom stereocenters. The zero-order valence-electron chi connectivity index (χ0n) is 9.69. The van der Waals surface area contributed by atoms with Crippen LogP contribution in [0.5, 0.6) is 0 Å². The quantitative estimate of drug-likeness (QED) is 0.824. The van der Waals surface area contributed by atoms with Crippen LogP contribution in [0.15, 0.2) is 12.5 Å². The van der Waals surface area contributed by atoms with Crippen LogP contribution in [0.2, 0.25) is 0 Å². The summed E-state index contributed by atoms with van der Waals surface area (Å²) in [6.45, 7) is 0.443. The van der Waals surface area contributed by atoms with Gasteiger partial charge in [-0.05, 0) is 12.8 Å². The smallest absolute Gasteiger partial charge is 0.147 e. The normalized spacial score (nSPS) is 18.4. The molecule has 1 fully saturated rings. The molecular formula is C12H16N4O. The van der Waals surface area contributed by atoms with E-state index in [1.54, 1.807) is 0 Å². The molecule has 1 heterocycles. The maximum Gasteiger partial charge on any atom is 0.147 e. The molecule has 0 spiro atoms. The minimum Gasteiger partial charge on any atom is -0.388 e. The zero-order valence-corrected chi connectivity index (χ0v) is 9.69. The van der Waals surface area contributed by atoms with E-state index in [2.05, 4.69) is 15.3 Å². The van der Waals surface area contributed by atoms with E-state index < -0.39 is 5.60 Å². The molecular weight excluding hydrogens is 216 g/mol. The van der Waals surface area contributed by atoms with Crippen LogP contribution in [0.25, 0.3) is 0 Å². The Morgan fingerprint density at radius 2 is 2.18 bits per heavy atom. The first kappa shape index (κ1) is 11.8. The third-order valence-electron chi connectivity index (χ3n) is 3.20. The summed E-state index contributed by atoms with van der Waals surface area (Å²) in [4.78, 5) is 7.80. The molecule has 90 valence electrons. The number of nitriles is 1. The summed E-state index contributed by atoms with van der Waals surface area (Å²) >= 11 is 0. The van der Waals surface area contributed by atoms with Gasteiger partial charge in [-0.25, -0.2) is 9.97 Å². The van der Waals surface area contributed by atoms with Crippen molar-refractivity contribution >= 4 is 5.82 Å². The summed E-state index contributed by atoms with van der Waals surface area (Å²) in [5.74, 6) is 0.501. The molecule has 1 saturated carbocycles. The number of rotatable bonds is 3. The van der Waals surface area contributed by atoms with Gasteiger partial charge in [0.1, 0.15) is 23.8 Å². The van der Waals surface area contributed by atoms with Crippen molar-refractivity contribution in [1.29, 1.82) is 5.26 Å². The first-order valence-corrected chi connectivity index (χ1v) is 5.90. The molecule has 5 heteroatoms. The van der Waals surface area contributed by atoms with E-state index in [0.717, 1.165) is 25.7 Å². The second kappa shape index (κ2) is 5.11. The van der Waals surface area contributed by atoms with Crippen molar-refractivity contribution in [3.05, 3.63) is 18.1 Å². The lowest BCUT2D eigenvalue weighted by molar-refractivity contribution is 0.0166. The van der Waals surface area contributed by atoms with Crippen molar-refractivity contribution in [3.8, 4) is 6.07 Å². The van der Waals surface area contributed by atoms with Crippen molar-refractivity contribution < 1.29 is 5.11 Å². The fraction of sp³-hybridized carbons (Fsp3) is 0.583. The first-order chi connectivity index (χ1) is 8.23. The van der Waals surface area contributed by atoms with Crippen LogP contribution in [0, 0.1) is 11.3 Å². The largest absolute Gasteiger partial charge is 0.388 e. The van der Waals surface area contributed by atoms with E-state index in [-0.39, 0.29) is 0 Å². The highest BCUT2D eigenvalue weighted by atomic mass is 16.3. The van der Waals surface area contributed by atoms with Gasteiger partial charge in [-0.2, -0.15) is 5.26 Å². The number of anilines is 1. The molecule has 1 aromatic heterocycles. The number of hydrogen-bond donors (Lipinski definition) is 2. The predicted octanol–water partition coefficient (Wildman–Crippen LogP) is 1.46. The molecule has 0 amide bonds. The molecule has 2 N–H and O–H groups in total. The van der Waals surface area contributed by atoms with Gasteiger partial charge in [-0.1, -0.05) is 19.3 Å². The second-order valence-electron chi connectivity index (χ2n) is 4.54. The van der Waals surface area contributed by atoms with Gasteiger partial charge in [0.15, 0.2) is 0 Å². The SMILES string of the molecule is N#Cc1cncnc1NCC1(O)CCCCC1. The third kappa shape index (κ3) is 2.92. The van der Waals surface area contributed by atoms with Gasteiger partial charge in [0.05, 0.1) is 11.8 Å². The summed E-state index contributed by atoms with van der Waals surface area (Å²) in [5.41, 5.74) is -0.248. The van der Waals surface area contributed by atoms with Gasteiger partial charge < -0.3 is 10.4 Å². The fourth-order valence-electron chi connectivity index (χ4n) is 2.19. The summed E-state index contributed by atoms with van der Waals surface area (Å²) in [6, 6.07) is 2.03. The lowest BCUT2D eigenvalue weighted by Gasteiger charge is -2.32. The Labute approximate surface area is 101 Å². The minimum absolute atomic E-state index is 0.409. The predicted molar refractivity (Wildman–Crippen MR) is 63.3 cm³/mol. The first-order valence-electron chi connectivity index (χ1n) is 5.90. The van der Waals surface area contributed by atoms with Crippen molar-refractivity contribution in [3.63, 3.8) is 0 Å². The standard InChI is InChI=1S/C12H16N4O/c13-6-10-7-14-9-16-11(10)15-8-12(17)4-2-1-3-5-12/h7,9,17H,1-5,8H2,(H,14,15,16). The molecule has 5 nitrogen and oxygen atoms in total. The Morgan fingerprint density at radius 1 is 1.41 bits per heavy atom. The van der Waals surface area contributed by atoms with Crippen LogP contribution in [0.1, 0.15) is 37.7 Å². The van der Waals surface area contributed by atoms with Gasteiger partial charge in [-0.15, -0.1) is 0 Å². The van der Waals surface area contributed by atoms with Crippen molar-refractivity contribution in [1.82, 2.24) is 9.97 Å². The summed E-state index contributed by atoms with van der Waals surface area (Å²) in [6.07, 6.45) is 7.81. The van der Waals surface area contributed by atoms with Gasteiger partial charge in [0.25, 0.3) is 0 Å². The van der Waals surface area contributed by atoms with Crippen LogP contribution in [-0.2, 0) is 0 Å². The molecule has 1 aromatic rings. The maximum atomic E-state index is 10.3. The van der Waals surface area contributed by atoms with E-state index in [9.17, 15) is 5.11 Å². The lowest BCUT2D eigenvalue weighted by Crippen LogP contribution is -2.39. The summed E-state index contributed by atoms with van der Waals surface area (Å²) in [7, 11) is 0. The summed E-state index contributed by atoms with van der Waals surface area (Å²) in [5, 5.41) is 22.2. The highest BCUT2D eigenvalue weighted by molar-refractivity contribution is 5.49. The van der Waals surface area contributed by atoms with E-state index in [0.29, 0.717) is 17.9 Å². The maximum absolute atomic E-state index is 10.3. The molecule has 0 radical (unpaired) electrons. The molecule has 0 aliphatic heterocycles. The molecule has 0 bridgehead atoms. The van der Waals surface area contributed by atoms with Crippen LogP contribution >= 0.6 is 0 Å². The van der Waals surface area contributed by atoms with Crippen molar-refractivity contribution in [2.75, 3.05) is 11.9 Å². The van der Waals surface area contributed by atoms with Gasteiger partial charge in [0, 0.05) is 6.54 Å². The average molecular weight is 232 g/mol. The fourth-order valence-corrected chi connectivity index (χ4v) is 2.19. The summed E-state index contributed by atoms with van der Waals surface area (Å²) < 4.78 is 0. The molecule has 2 rings (SSSR count). The van der Waals surface area contributed by atoms with E-state index in [4.69, 9.17) is 5.26 Å². The minimum atomic E-state index is -0.657. The topological polar surface area (TPSA) is 81.8 Å². The Balaban J connectivity index is 2.00. The van der Waals surface area contributed by atoms with Crippen molar-refractivity contribution in [2.24, 2.45) is 0 Å². The number of aliphatic hydroxyl groups is 1. The Hall–Kier alpha value is -1.67. The van der Waals surface area contributed by atoms with Crippen LogP contribution in [0.4, 0.5) is 5.82 Å². The number of aromatic nitrogens is 2. The number of hydrogen-bond acceptors (Lipinski definition) is 5. The molecule has 0 unspecified atom stereocenters. The molecule has 0 saturated heterocycles. The highest BCUT2D eigenvalue weighted by Crippen LogP contribution is 2.28. The zero-order chi connectivity index (χ0) is 12.1. The van der Waals surface area contributed by atoms with E-state index in [1.165, 1.54) is 18.9 Å². The van der Waals surface area contributed by atoms with Crippen LogP contribution in [0.3, 0.4) is 0 Å². The molecule has 1 aliphatic carbocycles. The Bertz CT molecular complexity index is 421. The Kier molecular flexibility index (Phi) is 3.55. The van der Waals surface area contributed by atoms with E-state index >= 15 is 0 Å². The second-order valence-corrected chi connectivity index (χ2v) is 4.54. The van der Waals surface area contributed by atoms with Gasteiger partial charge >= 0.3 is 0 Å². The van der Waals surface area contributed by atoms with E-state index in [1.807, 2.05) is 6.07 Å². The van der Waals surface area contributed by atoms with Gasteiger partial charge in [0.2, 0.25) is 0 Å². The highest BCUT2D eigenvalue weighted by Gasteiger charge is 2.29. The molecule has 1 aliphatic rings. The van der Waals surface area contributed by atoms with Gasteiger partial charge in [-0.3, -0.25) is 0 Å². The third-order valence-corrected chi connectivity index (χ3v) is 3.20. The average Bonchev–Trinajstić information content (AvgIpc) is 2.38. The lowest BCUT2D eigenvalue weighted by atomic mass is 9.85. The molecule has 17 heavy (non-hydrogen) atoms. The number of nitrogens with one attached hydrogen (secondary N) is 1.